The standard InChI is InChI=1S/C2H3NO3.2C2H4O2.2Na.2H/c4-2(5)1-3-6;2*1-2(3)4;;;;/h1H2,(H,4,5);2*1H3,(H,3,4);;;;. The van der Waals surface area contributed by atoms with Crippen molar-refractivity contribution in [3.8, 4) is 0 Å². The zero-order valence-electron chi connectivity index (χ0n) is 7.63. The van der Waals surface area contributed by atoms with Gasteiger partial charge in [0.15, 0.2) is 6.54 Å². The molecule has 0 heterocycles. The normalized spacial score (nSPS) is 5.88. The first-order valence-corrected chi connectivity index (χ1v) is 3.14. The van der Waals surface area contributed by atoms with Gasteiger partial charge in [0, 0.05) is 13.8 Å². The Labute approximate surface area is 136 Å². The van der Waals surface area contributed by atoms with Crippen molar-refractivity contribution in [3.63, 3.8) is 0 Å². The summed E-state index contributed by atoms with van der Waals surface area (Å²) < 4.78 is 0. The van der Waals surface area contributed by atoms with Crippen molar-refractivity contribution in [2.45, 2.75) is 13.8 Å². The Bertz CT molecular complexity index is 189. The summed E-state index contributed by atoms with van der Waals surface area (Å²) >= 11 is 0. The molecule has 3 N–H and O–H groups in total. The van der Waals surface area contributed by atoms with Gasteiger partial charge in [-0.1, -0.05) is 5.18 Å². The predicted octanol–water partition coefficient (Wildman–Crippen LogP) is -1.28. The molecule has 86 valence electrons. The molecule has 0 aromatic heterocycles. The second-order valence-corrected chi connectivity index (χ2v) is 1.72. The molecule has 0 aromatic carbocycles. The van der Waals surface area contributed by atoms with Crippen LogP contribution in [0.15, 0.2) is 5.18 Å². The van der Waals surface area contributed by atoms with E-state index in [4.69, 9.17) is 29.8 Å². The minimum atomic E-state index is -1.19. The van der Waals surface area contributed by atoms with E-state index >= 15 is 0 Å². The first-order chi connectivity index (χ1) is 6.23. The minimum absolute atomic E-state index is 0. The molecule has 0 saturated heterocycles. The molecule has 16 heavy (non-hydrogen) atoms. The number of nitrogens with zero attached hydrogens (tertiary/aromatic N) is 1. The Morgan fingerprint density at radius 2 is 1.12 bits per heavy atom. The molecule has 0 radical (unpaired) electrons. The number of carbonyl (C=O) groups is 3. The van der Waals surface area contributed by atoms with E-state index < -0.39 is 24.5 Å². The van der Waals surface area contributed by atoms with E-state index in [1.807, 2.05) is 0 Å². The molecule has 0 saturated carbocycles. The van der Waals surface area contributed by atoms with Crippen LogP contribution in [0.25, 0.3) is 0 Å². The maximum absolute atomic E-state index is 9.31. The van der Waals surface area contributed by atoms with Crippen LogP contribution in [-0.2, 0) is 14.4 Å². The predicted molar refractivity (Wildman–Crippen MR) is 59.2 cm³/mol. The van der Waals surface area contributed by atoms with E-state index in [1.165, 1.54) is 0 Å². The molecule has 10 heteroatoms. The van der Waals surface area contributed by atoms with E-state index in [0.717, 1.165) is 13.8 Å². The number of rotatable bonds is 2. The second-order valence-electron chi connectivity index (χ2n) is 1.72. The van der Waals surface area contributed by atoms with E-state index in [2.05, 4.69) is 5.18 Å². The summed E-state index contributed by atoms with van der Waals surface area (Å²) in [4.78, 5) is 36.3. The fourth-order valence-electron chi connectivity index (χ4n) is 0.0552. The van der Waals surface area contributed by atoms with Gasteiger partial charge in [0.05, 0.1) is 0 Å². The monoisotopic (exact) mass is 257 g/mol. The Balaban J connectivity index is -0.0000000367. The third kappa shape index (κ3) is 262. The number of carboxylic acids is 3. The molecule has 0 aliphatic carbocycles. The van der Waals surface area contributed by atoms with Crippen molar-refractivity contribution in [2.75, 3.05) is 6.54 Å². The molecule has 0 atom stereocenters. The Hall–Kier alpha value is 0.0100. The van der Waals surface area contributed by atoms with Crippen molar-refractivity contribution >= 4 is 77.0 Å². The Morgan fingerprint density at radius 3 is 1.12 bits per heavy atom. The van der Waals surface area contributed by atoms with Gasteiger partial charge >= 0.3 is 65.1 Å². The first-order valence-electron chi connectivity index (χ1n) is 3.14. The van der Waals surface area contributed by atoms with Gasteiger partial charge in [-0.15, -0.1) is 0 Å². The molecule has 0 amide bonds. The van der Waals surface area contributed by atoms with Crippen molar-refractivity contribution in [1.29, 1.82) is 0 Å². The molecule has 0 aromatic rings. The van der Waals surface area contributed by atoms with E-state index in [1.54, 1.807) is 0 Å². The molecular weight excluding hydrogens is 244 g/mol. The fraction of sp³-hybridized carbons (Fsp3) is 0.500. The third-order valence-electron chi connectivity index (χ3n) is 0.200. The number of hydrogen-bond acceptors (Lipinski definition) is 5. The van der Waals surface area contributed by atoms with Gasteiger partial charge in [0.1, 0.15) is 0 Å². The Morgan fingerprint density at radius 1 is 0.938 bits per heavy atom. The van der Waals surface area contributed by atoms with Gasteiger partial charge in [0.2, 0.25) is 0 Å². The third-order valence-corrected chi connectivity index (χ3v) is 0.200. The molecule has 0 unspecified atom stereocenters. The molecule has 0 fully saturated rings. The number of carboxylic acid groups (broad SMARTS) is 3. The van der Waals surface area contributed by atoms with Crippen LogP contribution in [-0.4, -0.2) is 98.9 Å². The fourth-order valence-corrected chi connectivity index (χ4v) is 0.0552. The molecule has 0 bridgehead atoms. The van der Waals surface area contributed by atoms with Crippen LogP contribution in [0.1, 0.15) is 13.8 Å². The topological polar surface area (TPSA) is 141 Å². The zero-order valence-corrected chi connectivity index (χ0v) is 7.63. The summed E-state index contributed by atoms with van der Waals surface area (Å²) in [6.45, 7) is 1.53. The summed E-state index contributed by atoms with van der Waals surface area (Å²) in [7, 11) is 0. The van der Waals surface area contributed by atoms with Crippen LogP contribution in [0.3, 0.4) is 0 Å². The Kier molecular flexibility index (Phi) is 45.2. The van der Waals surface area contributed by atoms with Crippen LogP contribution >= 0.6 is 0 Å². The summed E-state index contributed by atoms with van der Waals surface area (Å²) in [6, 6.07) is 0. The van der Waals surface area contributed by atoms with Crippen molar-refractivity contribution in [3.05, 3.63) is 4.91 Å². The van der Waals surface area contributed by atoms with Crippen LogP contribution in [0.2, 0.25) is 0 Å². The average Bonchev–Trinajstić information content (AvgIpc) is 1.82. The summed E-state index contributed by atoms with van der Waals surface area (Å²) in [5, 5.41) is 24.5. The maximum atomic E-state index is 9.31. The van der Waals surface area contributed by atoms with E-state index in [9.17, 15) is 4.79 Å². The molecule has 0 spiro atoms. The van der Waals surface area contributed by atoms with Crippen molar-refractivity contribution in [2.24, 2.45) is 5.18 Å². The van der Waals surface area contributed by atoms with Gasteiger partial charge in [-0.25, -0.2) is 0 Å². The zero-order chi connectivity index (χ0) is 12.1. The number of aliphatic carboxylic acids is 3. The van der Waals surface area contributed by atoms with E-state index in [0.29, 0.717) is 0 Å². The summed E-state index contributed by atoms with van der Waals surface area (Å²) in [5.41, 5.74) is 0. The van der Waals surface area contributed by atoms with Gasteiger partial charge in [-0.3, -0.25) is 14.4 Å². The van der Waals surface area contributed by atoms with E-state index in [-0.39, 0.29) is 59.1 Å². The molecular formula is C6H13NNa2O7. The second kappa shape index (κ2) is 24.3. The van der Waals surface area contributed by atoms with Crippen molar-refractivity contribution < 1.29 is 29.7 Å². The van der Waals surface area contributed by atoms with Crippen molar-refractivity contribution in [1.82, 2.24) is 0 Å². The summed E-state index contributed by atoms with van der Waals surface area (Å²) in [5.74, 6) is -2.86. The van der Waals surface area contributed by atoms with Crippen LogP contribution in [0.5, 0.6) is 0 Å². The molecule has 0 aliphatic heterocycles. The van der Waals surface area contributed by atoms with Crippen LogP contribution < -0.4 is 0 Å². The van der Waals surface area contributed by atoms with Gasteiger partial charge in [-0.05, 0) is 0 Å². The van der Waals surface area contributed by atoms with Gasteiger partial charge < -0.3 is 15.3 Å². The van der Waals surface area contributed by atoms with Gasteiger partial charge in [0.25, 0.3) is 11.9 Å². The molecule has 0 rings (SSSR count). The molecule has 8 nitrogen and oxygen atoms in total. The quantitative estimate of drug-likeness (QED) is 0.413. The average molecular weight is 257 g/mol. The van der Waals surface area contributed by atoms with Crippen LogP contribution in [0.4, 0.5) is 0 Å². The molecule has 0 aliphatic rings. The first kappa shape index (κ1) is 29.8. The van der Waals surface area contributed by atoms with Gasteiger partial charge in [-0.2, -0.15) is 4.91 Å². The SMILES string of the molecule is CC(=O)O.CC(=O)O.O=NCC(=O)O.[NaH].[NaH]. The number of hydrogen-bond donors (Lipinski definition) is 3. The number of nitroso groups, excluding NO2 is 1. The van der Waals surface area contributed by atoms with Crippen LogP contribution in [0, 0.1) is 4.91 Å². The summed E-state index contributed by atoms with van der Waals surface area (Å²) in [6.07, 6.45) is 0.